The van der Waals surface area contributed by atoms with E-state index in [1.807, 2.05) is 18.2 Å². The van der Waals surface area contributed by atoms with Crippen molar-refractivity contribution in [3.8, 4) is 11.5 Å². The Balaban J connectivity index is 0.00000280. The number of ether oxygens (including phenoxy) is 2. The van der Waals surface area contributed by atoms with Crippen molar-refractivity contribution in [1.82, 2.24) is 10.2 Å². The van der Waals surface area contributed by atoms with Crippen LogP contribution in [0.1, 0.15) is 51.0 Å². The highest BCUT2D eigenvalue weighted by Crippen LogP contribution is 2.32. The van der Waals surface area contributed by atoms with Gasteiger partial charge in [0.15, 0.2) is 17.5 Å². The number of benzene rings is 1. The molecule has 1 heterocycles. The number of rotatable bonds is 8. The molecule has 7 heteroatoms. The van der Waals surface area contributed by atoms with Crippen molar-refractivity contribution in [2.75, 3.05) is 26.7 Å². The minimum Gasteiger partial charge on any atom is -0.493 e. The molecule has 2 fully saturated rings. The Morgan fingerprint density at radius 3 is 2.71 bits per heavy atom. The van der Waals surface area contributed by atoms with Crippen LogP contribution >= 0.6 is 24.0 Å². The van der Waals surface area contributed by atoms with Crippen LogP contribution in [0.15, 0.2) is 23.2 Å². The molecule has 1 aliphatic heterocycles. The first-order chi connectivity index (χ1) is 13.2. The Morgan fingerprint density at radius 2 is 2.00 bits per heavy atom. The molecule has 0 amide bonds. The lowest BCUT2D eigenvalue weighted by Crippen LogP contribution is -2.42. The summed E-state index contributed by atoms with van der Waals surface area (Å²) in [5.74, 6) is 2.10. The summed E-state index contributed by atoms with van der Waals surface area (Å²) < 4.78 is 11.6. The fourth-order valence-electron chi connectivity index (χ4n) is 4.09. The van der Waals surface area contributed by atoms with Crippen molar-refractivity contribution >= 4 is 29.9 Å². The number of hydrogen-bond acceptors (Lipinski definition) is 4. The van der Waals surface area contributed by atoms with Crippen molar-refractivity contribution in [1.29, 1.82) is 0 Å². The van der Waals surface area contributed by atoms with E-state index in [-0.39, 0.29) is 24.0 Å². The quantitative estimate of drug-likeness (QED) is 0.324. The van der Waals surface area contributed by atoms with Crippen LogP contribution in [0, 0.1) is 0 Å². The lowest BCUT2D eigenvalue weighted by Gasteiger charge is -2.23. The number of likely N-dealkylation sites (N-methyl/N-ethyl adjacent to an activating group) is 1. The van der Waals surface area contributed by atoms with Crippen molar-refractivity contribution in [3.05, 3.63) is 23.8 Å². The minimum atomic E-state index is 0. The zero-order valence-electron chi connectivity index (χ0n) is 17.2. The average Bonchev–Trinajstić information content (AvgIpc) is 3.36. The van der Waals surface area contributed by atoms with Gasteiger partial charge in [-0.1, -0.05) is 13.0 Å². The van der Waals surface area contributed by atoms with E-state index in [4.69, 9.17) is 15.2 Å². The Morgan fingerprint density at radius 1 is 1.21 bits per heavy atom. The van der Waals surface area contributed by atoms with Crippen LogP contribution < -0.4 is 20.5 Å². The zero-order chi connectivity index (χ0) is 19.1. The number of methoxy groups -OCH3 is 1. The van der Waals surface area contributed by atoms with Crippen LogP contribution in [0.2, 0.25) is 0 Å². The maximum atomic E-state index is 6.09. The zero-order valence-corrected chi connectivity index (χ0v) is 19.5. The maximum absolute atomic E-state index is 6.09. The Kier molecular flexibility index (Phi) is 9.64. The van der Waals surface area contributed by atoms with Crippen LogP contribution in [0.4, 0.5) is 0 Å². The van der Waals surface area contributed by atoms with Gasteiger partial charge in [0.1, 0.15) is 0 Å². The smallest absolute Gasteiger partial charge is 0.188 e. The van der Waals surface area contributed by atoms with Crippen LogP contribution in [0.25, 0.3) is 0 Å². The van der Waals surface area contributed by atoms with Crippen molar-refractivity contribution in [3.63, 3.8) is 0 Å². The van der Waals surface area contributed by atoms with Crippen molar-refractivity contribution in [2.24, 2.45) is 10.7 Å². The molecule has 1 unspecified atom stereocenters. The van der Waals surface area contributed by atoms with Gasteiger partial charge in [-0.05, 0) is 69.3 Å². The lowest BCUT2D eigenvalue weighted by molar-refractivity contribution is 0.200. The highest BCUT2D eigenvalue weighted by Gasteiger charge is 2.22. The van der Waals surface area contributed by atoms with Gasteiger partial charge in [0, 0.05) is 12.6 Å². The summed E-state index contributed by atoms with van der Waals surface area (Å²) in [6, 6.07) is 6.59. The summed E-state index contributed by atoms with van der Waals surface area (Å²) in [6.45, 7) is 5.89. The average molecular weight is 502 g/mol. The molecule has 3 N–H and O–H groups in total. The molecule has 1 aromatic rings. The van der Waals surface area contributed by atoms with E-state index in [0.29, 0.717) is 24.7 Å². The van der Waals surface area contributed by atoms with E-state index in [0.717, 1.165) is 43.0 Å². The van der Waals surface area contributed by atoms with Gasteiger partial charge in [-0.15, -0.1) is 24.0 Å². The van der Waals surface area contributed by atoms with E-state index in [2.05, 4.69) is 22.1 Å². The normalized spacial score (nSPS) is 20.8. The van der Waals surface area contributed by atoms with E-state index in [9.17, 15) is 0 Å². The van der Waals surface area contributed by atoms with Crippen LogP contribution in [-0.4, -0.2) is 49.7 Å². The van der Waals surface area contributed by atoms with E-state index < -0.39 is 0 Å². The second kappa shape index (κ2) is 11.7. The molecule has 158 valence electrons. The summed E-state index contributed by atoms with van der Waals surface area (Å²) in [5, 5.41) is 3.28. The molecular formula is C21H35IN4O2. The predicted octanol–water partition coefficient (Wildman–Crippen LogP) is 3.52. The number of nitrogens with one attached hydrogen (secondary N) is 1. The fourth-order valence-corrected chi connectivity index (χ4v) is 4.09. The number of likely N-dealkylation sites (tertiary alicyclic amines) is 1. The molecular weight excluding hydrogens is 467 g/mol. The number of guanidine groups is 1. The summed E-state index contributed by atoms with van der Waals surface area (Å²) in [6.07, 6.45) is 7.59. The molecule has 1 atom stereocenters. The third kappa shape index (κ3) is 6.40. The van der Waals surface area contributed by atoms with Crippen LogP contribution in [-0.2, 0) is 6.54 Å². The first-order valence-corrected chi connectivity index (χ1v) is 10.3. The SMILES string of the molecule is CCN1CCCC1CNC(N)=NCc1ccc(OC2CCCC2)c(OC)c1.I. The number of nitrogens with zero attached hydrogens (tertiary/aromatic N) is 2. The molecule has 2 aliphatic rings. The minimum absolute atomic E-state index is 0. The summed E-state index contributed by atoms with van der Waals surface area (Å²) in [5.41, 5.74) is 7.12. The number of nitrogens with two attached hydrogens (primary N) is 1. The molecule has 1 saturated heterocycles. The molecule has 1 aromatic carbocycles. The van der Waals surface area contributed by atoms with E-state index in [1.165, 1.54) is 32.2 Å². The van der Waals surface area contributed by atoms with Gasteiger partial charge < -0.3 is 20.5 Å². The Bertz CT molecular complexity index is 635. The maximum Gasteiger partial charge on any atom is 0.188 e. The number of halogens is 1. The molecule has 0 spiro atoms. The molecule has 1 saturated carbocycles. The summed E-state index contributed by atoms with van der Waals surface area (Å²) >= 11 is 0. The molecule has 1 aliphatic carbocycles. The Hall–Kier alpha value is -1.22. The van der Waals surface area contributed by atoms with Gasteiger partial charge in [0.2, 0.25) is 0 Å². The topological polar surface area (TPSA) is 72.1 Å². The van der Waals surface area contributed by atoms with Gasteiger partial charge in [0.05, 0.1) is 19.8 Å². The van der Waals surface area contributed by atoms with Crippen molar-refractivity contribution in [2.45, 2.75) is 64.1 Å². The molecule has 0 radical (unpaired) electrons. The van der Waals surface area contributed by atoms with Gasteiger partial charge in [-0.3, -0.25) is 4.90 Å². The van der Waals surface area contributed by atoms with Crippen LogP contribution in [0.3, 0.4) is 0 Å². The third-order valence-corrected chi connectivity index (χ3v) is 5.68. The molecule has 28 heavy (non-hydrogen) atoms. The lowest BCUT2D eigenvalue weighted by atomic mass is 10.2. The predicted molar refractivity (Wildman–Crippen MR) is 125 cm³/mol. The van der Waals surface area contributed by atoms with Crippen LogP contribution in [0.5, 0.6) is 11.5 Å². The van der Waals surface area contributed by atoms with Gasteiger partial charge in [-0.25, -0.2) is 4.99 Å². The molecule has 0 aromatic heterocycles. The second-order valence-corrected chi connectivity index (χ2v) is 7.52. The number of hydrogen-bond donors (Lipinski definition) is 2. The summed E-state index contributed by atoms with van der Waals surface area (Å²) in [4.78, 5) is 6.98. The first kappa shape index (κ1) is 23.1. The molecule has 3 rings (SSSR count). The monoisotopic (exact) mass is 502 g/mol. The molecule has 6 nitrogen and oxygen atoms in total. The standard InChI is InChI=1S/C21H34N4O2.HI/c1-3-25-12-6-7-17(25)15-24-21(22)23-14-16-10-11-19(20(13-16)26-2)27-18-8-4-5-9-18;/h10-11,13,17-18H,3-9,12,14-15H2,1-2H3,(H3,22,23,24);1H. The molecule has 0 bridgehead atoms. The highest BCUT2D eigenvalue weighted by molar-refractivity contribution is 14.0. The largest absolute Gasteiger partial charge is 0.493 e. The van der Waals surface area contributed by atoms with Gasteiger partial charge >= 0.3 is 0 Å². The summed E-state index contributed by atoms with van der Waals surface area (Å²) in [7, 11) is 1.68. The van der Waals surface area contributed by atoms with Crippen molar-refractivity contribution < 1.29 is 9.47 Å². The third-order valence-electron chi connectivity index (χ3n) is 5.68. The highest BCUT2D eigenvalue weighted by atomic mass is 127. The van der Waals surface area contributed by atoms with E-state index >= 15 is 0 Å². The van der Waals surface area contributed by atoms with E-state index in [1.54, 1.807) is 7.11 Å². The Labute approximate surface area is 186 Å². The fraction of sp³-hybridized carbons (Fsp3) is 0.667. The first-order valence-electron chi connectivity index (χ1n) is 10.3. The second-order valence-electron chi connectivity index (χ2n) is 7.52. The number of aliphatic imine (C=N–C) groups is 1. The van der Waals surface area contributed by atoms with Gasteiger partial charge in [0.25, 0.3) is 0 Å². The van der Waals surface area contributed by atoms with Gasteiger partial charge in [-0.2, -0.15) is 0 Å².